The zero-order valence-corrected chi connectivity index (χ0v) is 9.16. The third-order valence-electron chi connectivity index (χ3n) is 2.48. The molecule has 0 saturated heterocycles. The normalized spacial score (nSPS) is 18.5. The van der Waals surface area contributed by atoms with E-state index in [1.807, 2.05) is 11.8 Å². The Morgan fingerprint density at radius 2 is 2.00 bits per heavy atom. The van der Waals surface area contributed by atoms with Crippen molar-refractivity contribution in [3.8, 4) is 0 Å². The summed E-state index contributed by atoms with van der Waals surface area (Å²) >= 11 is 1.82. The summed E-state index contributed by atoms with van der Waals surface area (Å²) in [4.78, 5) is 11.3. The van der Waals surface area contributed by atoms with Gasteiger partial charge >= 0.3 is 0 Å². The standard InChI is InChI=1S/C11H18OS/c1-9(2)11(12)8-13-10-6-4-3-5-7-10/h10H,1,3-8H2,2H3. The molecule has 0 unspecified atom stereocenters. The number of rotatable bonds is 4. The highest BCUT2D eigenvalue weighted by atomic mass is 32.2. The lowest BCUT2D eigenvalue weighted by molar-refractivity contribution is -0.113. The second-order valence-electron chi connectivity index (χ2n) is 3.77. The maximum absolute atomic E-state index is 11.3. The van der Waals surface area contributed by atoms with Crippen molar-refractivity contribution in [1.29, 1.82) is 0 Å². The minimum atomic E-state index is 0.218. The summed E-state index contributed by atoms with van der Waals surface area (Å²) in [6, 6.07) is 0. The van der Waals surface area contributed by atoms with Crippen LogP contribution in [-0.2, 0) is 4.79 Å². The van der Waals surface area contributed by atoms with Crippen LogP contribution in [0, 0.1) is 0 Å². The quantitative estimate of drug-likeness (QED) is 0.645. The van der Waals surface area contributed by atoms with Crippen LogP contribution in [0.25, 0.3) is 0 Å². The first kappa shape index (κ1) is 10.8. The molecule has 0 aromatic heterocycles. The van der Waals surface area contributed by atoms with Crippen molar-refractivity contribution < 1.29 is 4.79 Å². The molecule has 0 spiro atoms. The Balaban J connectivity index is 2.17. The molecule has 74 valence electrons. The molecule has 1 nitrogen and oxygen atoms in total. The molecule has 13 heavy (non-hydrogen) atoms. The molecule has 0 bridgehead atoms. The van der Waals surface area contributed by atoms with Gasteiger partial charge in [0.2, 0.25) is 0 Å². The smallest absolute Gasteiger partial charge is 0.167 e. The first-order valence-corrected chi connectivity index (χ1v) is 6.05. The fourth-order valence-electron chi connectivity index (χ4n) is 1.55. The minimum Gasteiger partial charge on any atom is -0.294 e. The van der Waals surface area contributed by atoms with Crippen LogP contribution in [0.5, 0.6) is 0 Å². The lowest BCUT2D eigenvalue weighted by atomic mass is 10.0. The monoisotopic (exact) mass is 198 g/mol. The molecule has 2 heteroatoms. The summed E-state index contributed by atoms with van der Waals surface area (Å²) in [5.74, 6) is 0.857. The summed E-state index contributed by atoms with van der Waals surface area (Å²) in [5.41, 5.74) is 0.698. The van der Waals surface area contributed by atoms with Crippen molar-refractivity contribution in [3.05, 3.63) is 12.2 Å². The number of hydrogen-bond donors (Lipinski definition) is 0. The van der Waals surface area contributed by atoms with E-state index in [0.29, 0.717) is 11.3 Å². The van der Waals surface area contributed by atoms with Crippen molar-refractivity contribution in [2.45, 2.75) is 44.3 Å². The van der Waals surface area contributed by atoms with Gasteiger partial charge in [0.25, 0.3) is 0 Å². The number of Topliss-reactive ketones (excluding diaryl/α,β-unsaturated/α-hetero) is 1. The van der Waals surface area contributed by atoms with E-state index in [0.717, 1.165) is 5.25 Å². The van der Waals surface area contributed by atoms with Crippen molar-refractivity contribution in [2.24, 2.45) is 0 Å². The first-order valence-electron chi connectivity index (χ1n) is 5.00. The maximum Gasteiger partial charge on any atom is 0.167 e. The predicted molar refractivity (Wildman–Crippen MR) is 59.2 cm³/mol. The molecule has 0 radical (unpaired) electrons. The fraction of sp³-hybridized carbons (Fsp3) is 0.727. The van der Waals surface area contributed by atoms with Gasteiger partial charge in [-0.15, -0.1) is 0 Å². The van der Waals surface area contributed by atoms with E-state index in [1.54, 1.807) is 6.92 Å². The van der Waals surface area contributed by atoms with Gasteiger partial charge < -0.3 is 0 Å². The van der Waals surface area contributed by atoms with E-state index in [-0.39, 0.29) is 5.78 Å². The van der Waals surface area contributed by atoms with Gasteiger partial charge in [-0.2, -0.15) is 11.8 Å². The number of allylic oxidation sites excluding steroid dienone is 1. The summed E-state index contributed by atoms with van der Waals surface area (Å²) < 4.78 is 0. The van der Waals surface area contributed by atoms with Crippen LogP contribution in [0.4, 0.5) is 0 Å². The van der Waals surface area contributed by atoms with Crippen LogP contribution in [-0.4, -0.2) is 16.8 Å². The van der Waals surface area contributed by atoms with E-state index in [1.165, 1.54) is 32.1 Å². The predicted octanol–water partition coefficient (Wildman–Crippen LogP) is 3.20. The Bertz CT molecular complexity index is 192. The SMILES string of the molecule is C=C(C)C(=O)CSC1CCCCC1. The van der Waals surface area contributed by atoms with Gasteiger partial charge in [-0.3, -0.25) is 4.79 Å². The molecule has 1 aliphatic carbocycles. The van der Waals surface area contributed by atoms with Crippen LogP contribution < -0.4 is 0 Å². The van der Waals surface area contributed by atoms with Crippen LogP contribution in [0.2, 0.25) is 0 Å². The average Bonchev–Trinajstić information content (AvgIpc) is 2.15. The molecule has 0 amide bonds. The highest BCUT2D eigenvalue weighted by molar-refractivity contribution is 8.00. The van der Waals surface area contributed by atoms with Crippen molar-refractivity contribution in [3.63, 3.8) is 0 Å². The summed E-state index contributed by atoms with van der Waals surface area (Å²) in [7, 11) is 0. The molecular weight excluding hydrogens is 180 g/mol. The van der Waals surface area contributed by atoms with Gasteiger partial charge in [0.15, 0.2) is 5.78 Å². The Labute approximate surface area is 85.0 Å². The molecule has 0 N–H and O–H groups in total. The first-order chi connectivity index (χ1) is 6.20. The fourth-order valence-corrected chi connectivity index (χ4v) is 2.85. The van der Waals surface area contributed by atoms with Crippen molar-refractivity contribution >= 4 is 17.5 Å². The Morgan fingerprint density at radius 3 is 2.54 bits per heavy atom. The van der Waals surface area contributed by atoms with E-state index < -0.39 is 0 Å². The third kappa shape index (κ3) is 3.99. The van der Waals surface area contributed by atoms with Gasteiger partial charge in [0.05, 0.1) is 5.75 Å². The van der Waals surface area contributed by atoms with Gasteiger partial charge in [-0.05, 0) is 25.3 Å². The molecule has 1 aliphatic rings. The molecule has 0 aromatic carbocycles. The number of hydrogen-bond acceptors (Lipinski definition) is 2. The van der Waals surface area contributed by atoms with E-state index in [2.05, 4.69) is 6.58 Å². The zero-order valence-electron chi connectivity index (χ0n) is 8.34. The second kappa shape index (κ2) is 5.48. The van der Waals surface area contributed by atoms with Gasteiger partial charge in [-0.25, -0.2) is 0 Å². The highest BCUT2D eigenvalue weighted by Gasteiger charge is 2.15. The molecule has 0 aromatic rings. The van der Waals surface area contributed by atoms with Gasteiger partial charge in [-0.1, -0.05) is 25.8 Å². The number of ketones is 1. The molecular formula is C11H18OS. The molecule has 0 aliphatic heterocycles. The molecule has 1 rings (SSSR count). The molecule has 0 atom stereocenters. The van der Waals surface area contributed by atoms with Crippen LogP contribution in [0.3, 0.4) is 0 Å². The summed E-state index contributed by atoms with van der Waals surface area (Å²) in [5, 5.41) is 0.733. The molecule has 0 heterocycles. The molecule has 1 saturated carbocycles. The topological polar surface area (TPSA) is 17.1 Å². The van der Waals surface area contributed by atoms with Crippen LogP contribution in [0.1, 0.15) is 39.0 Å². The zero-order chi connectivity index (χ0) is 9.68. The van der Waals surface area contributed by atoms with E-state index in [9.17, 15) is 4.79 Å². The largest absolute Gasteiger partial charge is 0.294 e. The minimum absolute atomic E-state index is 0.218. The Morgan fingerprint density at radius 1 is 1.38 bits per heavy atom. The van der Waals surface area contributed by atoms with E-state index in [4.69, 9.17) is 0 Å². The van der Waals surface area contributed by atoms with Crippen LogP contribution in [0.15, 0.2) is 12.2 Å². The van der Waals surface area contributed by atoms with Gasteiger partial charge in [0, 0.05) is 5.25 Å². The average molecular weight is 198 g/mol. The lowest BCUT2D eigenvalue weighted by Gasteiger charge is -2.20. The Hall–Kier alpha value is -0.240. The van der Waals surface area contributed by atoms with Crippen molar-refractivity contribution in [1.82, 2.24) is 0 Å². The third-order valence-corrected chi connectivity index (χ3v) is 3.85. The highest BCUT2D eigenvalue weighted by Crippen LogP contribution is 2.28. The summed E-state index contributed by atoms with van der Waals surface area (Å²) in [6.07, 6.45) is 6.67. The number of carbonyl (C=O) groups is 1. The summed E-state index contributed by atoms with van der Waals surface area (Å²) in [6.45, 7) is 5.45. The van der Waals surface area contributed by atoms with Crippen molar-refractivity contribution in [2.75, 3.05) is 5.75 Å². The number of carbonyl (C=O) groups excluding carboxylic acids is 1. The van der Waals surface area contributed by atoms with Crippen LogP contribution >= 0.6 is 11.8 Å². The lowest BCUT2D eigenvalue weighted by Crippen LogP contribution is -2.12. The van der Waals surface area contributed by atoms with E-state index >= 15 is 0 Å². The Kier molecular flexibility index (Phi) is 4.57. The van der Waals surface area contributed by atoms with Gasteiger partial charge in [0.1, 0.15) is 0 Å². The maximum atomic E-state index is 11.3. The number of thioether (sulfide) groups is 1. The second-order valence-corrected chi connectivity index (χ2v) is 5.06. The molecule has 1 fully saturated rings.